The van der Waals surface area contributed by atoms with Crippen molar-refractivity contribution in [2.45, 2.75) is 39.0 Å². The molecule has 0 saturated carbocycles. The molecule has 0 amide bonds. The summed E-state index contributed by atoms with van der Waals surface area (Å²) in [6.45, 7) is 4.90. The van der Waals surface area contributed by atoms with Crippen molar-refractivity contribution in [3.63, 3.8) is 0 Å². The van der Waals surface area contributed by atoms with Gasteiger partial charge in [-0.2, -0.15) is 18.2 Å². The van der Waals surface area contributed by atoms with Crippen LogP contribution in [-0.4, -0.2) is 23.3 Å². The molecular formula is C10H15F3N2O2. The van der Waals surface area contributed by atoms with E-state index in [9.17, 15) is 13.2 Å². The Labute approximate surface area is 97.2 Å². The first-order chi connectivity index (χ1) is 7.66. The Morgan fingerprint density at radius 1 is 1.35 bits per heavy atom. The fraction of sp³-hybridized carbons (Fsp3) is 0.700. The smallest absolute Gasteiger partial charge is 0.422 e. The van der Waals surface area contributed by atoms with E-state index in [0.29, 0.717) is 12.2 Å². The maximum absolute atomic E-state index is 11.8. The average Bonchev–Trinajstić information content (AvgIpc) is 2.57. The van der Waals surface area contributed by atoms with E-state index in [0.717, 1.165) is 0 Å². The third-order valence-electron chi connectivity index (χ3n) is 1.69. The van der Waals surface area contributed by atoms with Crippen molar-refractivity contribution >= 4 is 0 Å². The van der Waals surface area contributed by atoms with Gasteiger partial charge in [-0.3, -0.25) is 0 Å². The molecule has 0 fully saturated rings. The second-order valence-electron chi connectivity index (χ2n) is 4.61. The second kappa shape index (κ2) is 4.95. The van der Waals surface area contributed by atoms with Gasteiger partial charge in [0, 0.05) is 12.1 Å². The molecule has 0 spiro atoms. The predicted molar refractivity (Wildman–Crippen MR) is 54.6 cm³/mol. The average molecular weight is 252 g/mol. The van der Waals surface area contributed by atoms with E-state index in [1.807, 2.05) is 20.8 Å². The number of nitrogens with one attached hydrogen (secondary N) is 1. The Morgan fingerprint density at radius 2 is 2.00 bits per heavy atom. The Kier molecular flexibility index (Phi) is 4.03. The molecule has 0 bridgehead atoms. The maximum Gasteiger partial charge on any atom is 0.422 e. The molecule has 0 aromatic carbocycles. The molecule has 0 aliphatic rings. The molecule has 0 atom stereocenters. The zero-order valence-electron chi connectivity index (χ0n) is 9.89. The first-order valence-corrected chi connectivity index (χ1v) is 5.05. The van der Waals surface area contributed by atoms with Gasteiger partial charge in [0.2, 0.25) is 0 Å². The maximum atomic E-state index is 11.8. The van der Waals surface area contributed by atoms with Crippen molar-refractivity contribution in [3.05, 3.63) is 12.0 Å². The van der Waals surface area contributed by atoms with E-state index in [1.165, 1.54) is 6.26 Å². The number of oxazole rings is 1. The van der Waals surface area contributed by atoms with Crippen LogP contribution in [0.2, 0.25) is 0 Å². The number of ether oxygens (including phenoxy) is 1. The summed E-state index contributed by atoms with van der Waals surface area (Å²) in [5.74, 6) is 0. The van der Waals surface area contributed by atoms with Gasteiger partial charge in [-0.1, -0.05) is 0 Å². The Balaban J connectivity index is 2.43. The highest BCUT2D eigenvalue weighted by atomic mass is 19.4. The fourth-order valence-corrected chi connectivity index (χ4v) is 0.935. The zero-order chi connectivity index (χ0) is 13.1. The SMILES string of the molecule is CC(C)(C)NCc1coc(OCC(F)(F)F)n1. The summed E-state index contributed by atoms with van der Waals surface area (Å²) in [7, 11) is 0. The van der Waals surface area contributed by atoms with E-state index >= 15 is 0 Å². The number of nitrogens with zero attached hydrogens (tertiary/aromatic N) is 1. The first kappa shape index (κ1) is 13.8. The van der Waals surface area contributed by atoms with Gasteiger partial charge in [0.05, 0.1) is 5.69 Å². The number of aromatic nitrogens is 1. The van der Waals surface area contributed by atoms with Gasteiger partial charge in [-0.15, -0.1) is 0 Å². The van der Waals surface area contributed by atoms with Crippen molar-refractivity contribution in [1.29, 1.82) is 0 Å². The highest BCUT2D eigenvalue weighted by molar-refractivity contribution is 5.00. The summed E-state index contributed by atoms with van der Waals surface area (Å²) < 4.78 is 44.6. The van der Waals surface area contributed by atoms with E-state index in [-0.39, 0.29) is 11.6 Å². The van der Waals surface area contributed by atoms with Crippen LogP contribution >= 0.6 is 0 Å². The van der Waals surface area contributed by atoms with Crippen molar-refractivity contribution in [2.24, 2.45) is 0 Å². The molecule has 1 aromatic rings. The fourth-order valence-electron chi connectivity index (χ4n) is 0.935. The van der Waals surface area contributed by atoms with Crippen LogP contribution in [0.25, 0.3) is 0 Å². The molecule has 1 N–H and O–H groups in total. The Morgan fingerprint density at radius 3 is 2.53 bits per heavy atom. The van der Waals surface area contributed by atoms with Crippen LogP contribution in [0.5, 0.6) is 6.08 Å². The Hall–Kier alpha value is -1.24. The third-order valence-corrected chi connectivity index (χ3v) is 1.69. The molecular weight excluding hydrogens is 237 g/mol. The molecule has 17 heavy (non-hydrogen) atoms. The molecule has 0 saturated heterocycles. The van der Waals surface area contributed by atoms with Gasteiger partial charge in [-0.25, -0.2) is 0 Å². The minimum absolute atomic E-state index is 0.105. The molecule has 7 heteroatoms. The van der Waals surface area contributed by atoms with Gasteiger partial charge in [0.1, 0.15) is 6.26 Å². The number of hydrogen-bond acceptors (Lipinski definition) is 4. The number of rotatable bonds is 4. The standard InChI is InChI=1S/C10H15F3N2O2/c1-9(2,3)14-4-7-5-16-8(15-7)17-6-10(11,12)13/h5,14H,4,6H2,1-3H3. The Bertz CT molecular complexity index is 323. The summed E-state index contributed by atoms with van der Waals surface area (Å²) in [5, 5.41) is 3.12. The number of hydrogen-bond donors (Lipinski definition) is 1. The summed E-state index contributed by atoms with van der Waals surface area (Å²) >= 11 is 0. The lowest BCUT2D eigenvalue weighted by atomic mass is 10.1. The van der Waals surface area contributed by atoms with Gasteiger partial charge >= 0.3 is 12.3 Å². The summed E-state index contributed by atoms with van der Waals surface area (Å²) in [6.07, 6.45) is -3.49. The summed E-state index contributed by atoms with van der Waals surface area (Å²) in [6, 6.07) is 0. The lowest BCUT2D eigenvalue weighted by molar-refractivity contribution is -0.156. The molecule has 0 radical (unpaired) electrons. The van der Waals surface area contributed by atoms with Gasteiger partial charge in [-0.05, 0) is 20.8 Å². The topological polar surface area (TPSA) is 47.3 Å². The predicted octanol–water partition coefficient (Wildman–Crippen LogP) is 2.50. The van der Waals surface area contributed by atoms with Crippen LogP contribution < -0.4 is 10.1 Å². The molecule has 0 aliphatic carbocycles. The van der Waals surface area contributed by atoms with Gasteiger partial charge in [0.25, 0.3) is 0 Å². The summed E-state index contributed by atoms with van der Waals surface area (Å²) in [5.41, 5.74) is 0.392. The van der Waals surface area contributed by atoms with Gasteiger partial charge in [0.15, 0.2) is 6.61 Å². The van der Waals surface area contributed by atoms with E-state index in [2.05, 4.69) is 15.0 Å². The van der Waals surface area contributed by atoms with E-state index < -0.39 is 12.8 Å². The molecule has 1 heterocycles. The summed E-state index contributed by atoms with van der Waals surface area (Å²) in [4.78, 5) is 3.76. The van der Waals surface area contributed by atoms with Gasteiger partial charge < -0.3 is 14.5 Å². The molecule has 1 rings (SSSR count). The highest BCUT2D eigenvalue weighted by Gasteiger charge is 2.29. The minimum Gasteiger partial charge on any atom is -0.441 e. The lowest BCUT2D eigenvalue weighted by Crippen LogP contribution is -2.35. The number of alkyl halides is 3. The molecule has 0 unspecified atom stereocenters. The van der Waals surface area contributed by atoms with E-state index in [1.54, 1.807) is 0 Å². The van der Waals surface area contributed by atoms with Crippen molar-refractivity contribution in [2.75, 3.05) is 6.61 Å². The van der Waals surface area contributed by atoms with Crippen molar-refractivity contribution in [1.82, 2.24) is 10.3 Å². The van der Waals surface area contributed by atoms with Crippen LogP contribution in [0, 0.1) is 0 Å². The van der Waals surface area contributed by atoms with Crippen LogP contribution in [0.4, 0.5) is 13.2 Å². The highest BCUT2D eigenvalue weighted by Crippen LogP contribution is 2.18. The molecule has 1 aromatic heterocycles. The van der Waals surface area contributed by atoms with Crippen LogP contribution in [-0.2, 0) is 6.54 Å². The quantitative estimate of drug-likeness (QED) is 0.894. The van der Waals surface area contributed by atoms with Crippen molar-refractivity contribution < 1.29 is 22.3 Å². The van der Waals surface area contributed by atoms with E-state index in [4.69, 9.17) is 4.42 Å². The molecule has 4 nitrogen and oxygen atoms in total. The lowest BCUT2D eigenvalue weighted by Gasteiger charge is -2.19. The largest absolute Gasteiger partial charge is 0.441 e. The zero-order valence-corrected chi connectivity index (χ0v) is 9.89. The second-order valence-corrected chi connectivity index (χ2v) is 4.61. The van der Waals surface area contributed by atoms with Crippen LogP contribution in [0.15, 0.2) is 10.7 Å². The van der Waals surface area contributed by atoms with Crippen LogP contribution in [0.3, 0.4) is 0 Å². The number of halogens is 3. The molecule has 0 aliphatic heterocycles. The monoisotopic (exact) mass is 252 g/mol. The normalized spacial score (nSPS) is 12.8. The third kappa shape index (κ3) is 6.15. The minimum atomic E-state index is -4.39. The molecule has 98 valence electrons. The first-order valence-electron chi connectivity index (χ1n) is 5.05. The van der Waals surface area contributed by atoms with Crippen LogP contribution in [0.1, 0.15) is 26.5 Å². The van der Waals surface area contributed by atoms with Crippen molar-refractivity contribution in [3.8, 4) is 6.08 Å².